The second-order valence-electron chi connectivity index (χ2n) is 5.16. The molecule has 0 aliphatic rings. The van der Waals surface area contributed by atoms with Gasteiger partial charge in [0.15, 0.2) is 15.6 Å². The highest BCUT2D eigenvalue weighted by Crippen LogP contribution is 2.37. The first-order valence-electron chi connectivity index (χ1n) is 6.80. The van der Waals surface area contributed by atoms with Crippen LogP contribution in [0.5, 0.6) is 5.75 Å². The Morgan fingerprint density at radius 2 is 1.64 bits per heavy atom. The van der Waals surface area contributed by atoms with Crippen molar-refractivity contribution in [3.05, 3.63) is 45.9 Å². The van der Waals surface area contributed by atoms with Crippen LogP contribution in [0.1, 0.15) is 0 Å². The summed E-state index contributed by atoms with van der Waals surface area (Å²) in [6.45, 7) is 0. The largest absolute Gasteiger partial charge is 0.494 e. The summed E-state index contributed by atoms with van der Waals surface area (Å²) in [4.78, 5) is -0.00538. The van der Waals surface area contributed by atoms with Gasteiger partial charge in [0.1, 0.15) is 4.90 Å². The maximum atomic E-state index is 12.9. The summed E-state index contributed by atoms with van der Waals surface area (Å²) in [5.74, 6) is 0.129. The molecular formula is C15H15BrClNO5S2. The standard InChI is InChI=1S/C15H15BrClNO5S2/c1-18(11-4-6-12(7-5-11)24(3,19)20)25(21,22)14-9-10(17)8-13(16)15(14)23-2/h4-9H,1-3H3. The minimum Gasteiger partial charge on any atom is -0.494 e. The van der Waals surface area contributed by atoms with Crippen LogP contribution in [-0.2, 0) is 19.9 Å². The number of anilines is 1. The van der Waals surface area contributed by atoms with Gasteiger partial charge in [-0.25, -0.2) is 16.8 Å². The molecule has 0 radical (unpaired) electrons. The van der Waals surface area contributed by atoms with Crippen LogP contribution in [0.15, 0.2) is 50.7 Å². The van der Waals surface area contributed by atoms with Gasteiger partial charge in [0.05, 0.1) is 22.2 Å². The lowest BCUT2D eigenvalue weighted by molar-refractivity contribution is 0.400. The molecule has 0 spiro atoms. The third kappa shape index (κ3) is 4.11. The average Bonchev–Trinajstić information content (AvgIpc) is 2.52. The summed E-state index contributed by atoms with van der Waals surface area (Å²) in [6, 6.07) is 8.35. The molecule has 0 unspecified atom stereocenters. The Balaban J connectivity index is 2.54. The zero-order chi connectivity index (χ0) is 19.0. The summed E-state index contributed by atoms with van der Waals surface area (Å²) < 4.78 is 55.5. The fourth-order valence-corrected chi connectivity index (χ4v) is 5.31. The van der Waals surface area contributed by atoms with Crippen molar-refractivity contribution in [1.29, 1.82) is 0 Å². The molecule has 0 heterocycles. The van der Waals surface area contributed by atoms with Crippen molar-refractivity contribution in [2.75, 3.05) is 24.7 Å². The van der Waals surface area contributed by atoms with E-state index >= 15 is 0 Å². The minimum absolute atomic E-state index is 0.102. The van der Waals surface area contributed by atoms with Crippen LogP contribution in [0.2, 0.25) is 5.02 Å². The molecule has 2 aromatic carbocycles. The second kappa shape index (κ2) is 7.14. The van der Waals surface area contributed by atoms with Crippen molar-refractivity contribution in [3.63, 3.8) is 0 Å². The molecule has 0 aliphatic carbocycles. The van der Waals surface area contributed by atoms with Gasteiger partial charge in [-0.15, -0.1) is 0 Å². The Bertz CT molecular complexity index is 1000. The quantitative estimate of drug-likeness (QED) is 0.672. The first kappa shape index (κ1) is 20.0. The van der Waals surface area contributed by atoms with Gasteiger partial charge in [0.2, 0.25) is 0 Å². The van der Waals surface area contributed by atoms with Crippen LogP contribution in [0.4, 0.5) is 5.69 Å². The maximum Gasteiger partial charge on any atom is 0.267 e. The number of halogens is 2. The van der Waals surface area contributed by atoms with E-state index in [4.69, 9.17) is 16.3 Å². The fraction of sp³-hybridized carbons (Fsp3) is 0.200. The lowest BCUT2D eigenvalue weighted by Gasteiger charge is -2.21. The molecule has 136 valence electrons. The Labute approximate surface area is 160 Å². The van der Waals surface area contributed by atoms with Crippen LogP contribution >= 0.6 is 27.5 Å². The van der Waals surface area contributed by atoms with Gasteiger partial charge in [0, 0.05) is 18.3 Å². The van der Waals surface area contributed by atoms with E-state index in [0.29, 0.717) is 10.2 Å². The van der Waals surface area contributed by atoms with Crippen molar-refractivity contribution in [1.82, 2.24) is 0 Å². The molecule has 0 saturated heterocycles. The predicted octanol–water partition coefficient (Wildman–Crippen LogP) is 3.34. The summed E-state index contributed by atoms with van der Waals surface area (Å²) in [5, 5.41) is 0.229. The van der Waals surface area contributed by atoms with E-state index in [-0.39, 0.29) is 20.6 Å². The molecule has 0 amide bonds. The molecule has 0 aliphatic heterocycles. The molecule has 0 aromatic heterocycles. The maximum absolute atomic E-state index is 12.9. The Kier molecular flexibility index (Phi) is 5.72. The highest BCUT2D eigenvalue weighted by molar-refractivity contribution is 9.10. The third-order valence-corrected chi connectivity index (χ3v) is 7.17. The molecule has 0 saturated carbocycles. The lowest BCUT2D eigenvalue weighted by atomic mass is 10.3. The van der Waals surface area contributed by atoms with Crippen molar-refractivity contribution in [2.24, 2.45) is 0 Å². The van der Waals surface area contributed by atoms with Crippen molar-refractivity contribution >= 4 is 53.1 Å². The van der Waals surface area contributed by atoms with Gasteiger partial charge in [-0.1, -0.05) is 11.6 Å². The van der Waals surface area contributed by atoms with Gasteiger partial charge in [0.25, 0.3) is 10.0 Å². The SMILES string of the molecule is COc1c(Br)cc(Cl)cc1S(=O)(=O)N(C)c1ccc(S(C)(=O)=O)cc1. The van der Waals surface area contributed by atoms with E-state index in [2.05, 4.69) is 15.9 Å². The van der Waals surface area contributed by atoms with Crippen molar-refractivity contribution in [2.45, 2.75) is 9.79 Å². The van der Waals surface area contributed by atoms with Gasteiger partial charge in [-0.2, -0.15) is 0 Å². The molecule has 25 heavy (non-hydrogen) atoms. The molecular weight excluding hydrogens is 454 g/mol. The van der Waals surface area contributed by atoms with Gasteiger partial charge >= 0.3 is 0 Å². The molecule has 2 aromatic rings. The number of sulfonamides is 1. The van der Waals surface area contributed by atoms with Crippen molar-refractivity contribution in [3.8, 4) is 5.75 Å². The molecule has 0 atom stereocenters. The fourth-order valence-electron chi connectivity index (χ4n) is 2.12. The number of hydrogen-bond donors (Lipinski definition) is 0. The first-order valence-corrected chi connectivity index (χ1v) is 11.3. The van der Waals surface area contributed by atoms with Crippen LogP contribution < -0.4 is 9.04 Å². The Hall–Kier alpha value is -1.29. The summed E-state index contributed by atoms with van der Waals surface area (Å²) in [7, 11) is -4.63. The normalized spacial score (nSPS) is 12.0. The highest BCUT2D eigenvalue weighted by atomic mass is 79.9. The van der Waals surface area contributed by atoms with Crippen LogP contribution in [0, 0.1) is 0 Å². The number of nitrogens with zero attached hydrogens (tertiary/aromatic N) is 1. The van der Waals surface area contributed by atoms with E-state index in [9.17, 15) is 16.8 Å². The summed E-state index contributed by atoms with van der Waals surface area (Å²) in [5.41, 5.74) is 0.297. The number of sulfone groups is 1. The molecule has 0 bridgehead atoms. The summed E-state index contributed by atoms with van der Waals surface area (Å²) >= 11 is 9.20. The molecule has 10 heteroatoms. The highest BCUT2D eigenvalue weighted by Gasteiger charge is 2.27. The summed E-state index contributed by atoms with van der Waals surface area (Å²) in [6.07, 6.45) is 1.08. The number of ether oxygens (including phenoxy) is 1. The third-order valence-electron chi connectivity index (χ3n) is 3.45. The average molecular weight is 469 g/mol. The van der Waals surface area contributed by atoms with Crippen molar-refractivity contribution < 1.29 is 21.6 Å². The van der Waals surface area contributed by atoms with E-state index in [1.165, 1.54) is 50.6 Å². The number of methoxy groups -OCH3 is 1. The second-order valence-corrected chi connectivity index (χ2v) is 10.4. The topological polar surface area (TPSA) is 80.8 Å². The number of benzene rings is 2. The van der Waals surface area contributed by atoms with E-state index < -0.39 is 19.9 Å². The number of hydrogen-bond acceptors (Lipinski definition) is 5. The molecule has 0 N–H and O–H groups in total. The Morgan fingerprint density at radius 1 is 1.08 bits per heavy atom. The van der Waals surface area contributed by atoms with E-state index in [1.807, 2.05) is 0 Å². The van der Waals surface area contributed by atoms with Gasteiger partial charge in [-0.05, 0) is 52.3 Å². The van der Waals surface area contributed by atoms with E-state index in [1.54, 1.807) is 0 Å². The van der Waals surface area contributed by atoms with Crippen LogP contribution in [-0.4, -0.2) is 37.2 Å². The van der Waals surface area contributed by atoms with Crippen LogP contribution in [0.3, 0.4) is 0 Å². The zero-order valence-corrected chi connectivity index (χ0v) is 17.5. The first-order chi connectivity index (χ1) is 11.5. The lowest BCUT2D eigenvalue weighted by Crippen LogP contribution is -2.27. The monoisotopic (exact) mass is 467 g/mol. The van der Waals surface area contributed by atoms with Gasteiger partial charge < -0.3 is 4.74 Å². The molecule has 2 rings (SSSR count). The Morgan fingerprint density at radius 3 is 2.12 bits per heavy atom. The van der Waals surface area contributed by atoms with Crippen LogP contribution in [0.25, 0.3) is 0 Å². The zero-order valence-electron chi connectivity index (χ0n) is 13.5. The smallest absolute Gasteiger partial charge is 0.267 e. The molecule has 6 nitrogen and oxygen atoms in total. The minimum atomic E-state index is -3.98. The predicted molar refractivity (Wildman–Crippen MR) is 101 cm³/mol. The van der Waals surface area contributed by atoms with Gasteiger partial charge in [-0.3, -0.25) is 4.31 Å². The molecule has 0 fully saturated rings. The number of rotatable bonds is 5. The van der Waals surface area contributed by atoms with E-state index in [0.717, 1.165) is 10.6 Å².